The third kappa shape index (κ3) is 3.39. The summed E-state index contributed by atoms with van der Waals surface area (Å²) < 4.78 is 19.2. The predicted molar refractivity (Wildman–Crippen MR) is 85.8 cm³/mol. The van der Waals surface area contributed by atoms with Crippen molar-refractivity contribution in [2.75, 3.05) is 6.54 Å². The topological polar surface area (TPSA) is 34.1 Å². The van der Waals surface area contributed by atoms with E-state index in [0.29, 0.717) is 11.8 Å². The Bertz CT molecular complexity index is 659. The van der Waals surface area contributed by atoms with Gasteiger partial charge in [0, 0.05) is 17.8 Å². The Balaban J connectivity index is 1.78. The van der Waals surface area contributed by atoms with Gasteiger partial charge in [-0.2, -0.15) is 0 Å². The third-order valence-electron chi connectivity index (χ3n) is 3.95. The fourth-order valence-corrected chi connectivity index (χ4v) is 2.91. The number of ether oxygens (including phenoxy) is 1. The summed E-state index contributed by atoms with van der Waals surface area (Å²) >= 11 is 5.84. The molecule has 5 heteroatoms. The number of hydrogen-bond donors (Lipinski definition) is 1. The summed E-state index contributed by atoms with van der Waals surface area (Å²) in [5.41, 5.74) is 1.67. The van der Waals surface area contributed by atoms with Gasteiger partial charge in [-0.15, -0.1) is 0 Å². The van der Waals surface area contributed by atoms with Crippen molar-refractivity contribution >= 4 is 11.6 Å². The molecule has 0 radical (unpaired) electrons. The summed E-state index contributed by atoms with van der Waals surface area (Å²) in [6.45, 7) is 3.11. The molecular weight excluding hydrogens is 303 g/mol. The van der Waals surface area contributed by atoms with Crippen LogP contribution in [0.1, 0.15) is 19.8 Å². The molecule has 0 spiro atoms. The molecule has 1 unspecified atom stereocenters. The van der Waals surface area contributed by atoms with Crippen LogP contribution >= 0.6 is 11.6 Å². The van der Waals surface area contributed by atoms with Crippen LogP contribution in [0.25, 0.3) is 11.1 Å². The van der Waals surface area contributed by atoms with Crippen molar-refractivity contribution in [3.8, 4) is 16.9 Å². The van der Waals surface area contributed by atoms with Gasteiger partial charge < -0.3 is 10.1 Å². The first-order valence-electron chi connectivity index (χ1n) is 7.44. The molecule has 0 amide bonds. The minimum Gasteiger partial charge on any atom is -0.487 e. The summed E-state index contributed by atoms with van der Waals surface area (Å²) in [7, 11) is 0. The monoisotopic (exact) mass is 320 g/mol. The summed E-state index contributed by atoms with van der Waals surface area (Å²) in [6, 6.07) is 6.92. The van der Waals surface area contributed by atoms with E-state index >= 15 is 0 Å². The second-order valence-electron chi connectivity index (χ2n) is 5.56. The molecular formula is C17H18ClFN2O. The van der Waals surface area contributed by atoms with Crippen LogP contribution in [-0.2, 0) is 0 Å². The quantitative estimate of drug-likeness (QED) is 0.922. The average Bonchev–Trinajstić information content (AvgIpc) is 3.05. The molecule has 116 valence electrons. The van der Waals surface area contributed by atoms with Crippen molar-refractivity contribution in [3.05, 3.63) is 47.5 Å². The summed E-state index contributed by atoms with van der Waals surface area (Å²) in [6.07, 6.45) is 5.80. The average molecular weight is 321 g/mol. The Hall–Kier alpha value is -1.65. The van der Waals surface area contributed by atoms with Crippen molar-refractivity contribution in [2.24, 2.45) is 0 Å². The third-order valence-corrected chi connectivity index (χ3v) is 4.24. The van der Waals surface area contributed by atoms with Gasteiger partial charge in [0.15, 0.2) is 0 Å². The van der Waals surface area contributed by atoms with Gasteiger partial charge in [-0.25, -0.2) is 4.39 Å². The largest absolute Gasteiger partial charge is 0.487 e. The van der Waals surface area contributed by atoms with E-state index in [9.17, 15) is 4.39 Å². The van der Waals surface area contributed by atoms with Crippen molar-refractivity contribution in [1.82, 2.24) is 10.3 Å². The molecule has 1 aromatic heterocycles. The van der Waals surface area contributed by atoms with E-state index in [1.54, 1.807) is 24.5 Å². The highest BCUT2D eigenvalue weighted by molar-refractivity contribution is 6.31. The predicted octanol–water partition coefficient (Wildman–Crippen LogP) is 4.06. The highest BCUT2D eigenvalue weighted by Gasteiger charge is 2.22. The van der Waals surface area contributed by atoms with E-state index in [0.717, 1.165) is 24.1 Å². The van der Waals surface area contributed by atoms with Crippen LogP contribution < -0.4 is 10.1 Å². The van der Waals surface area contributed by atoms with Crippen molar-refractivity contribution < 1.29 is 9.13 Å². The molecule has 1 aromatic carbocycles. The molecule has 0 saturated carbocycles. The molecule has 3 nitrogen and oxygen atoms in total. The van der Waals surface area contributed by atoms with Crippen LogP contribution in [0.2, 0.25) is 5.02 Å². The number of rotatable bonds is 4. The van der Waals surface area contributed by atoms with Gasteiger partial charge in [-0.05, 0) is 50.1 Å². The molecule has 22 heavy (non-hydrogen) atoms. The lowest BCUT2D eigenvalue weighted by Gasteiger charge is -2.21. The summed E-state index contributed by atoms with van der Waals surface area (Å²) in [5.74, 6) is 0.283. The number of nitrogens with one attached hydrogen (secondary N) is 1. The molecule has 1 fully saturated rings. The first-order chi connectivity index (χ1) is 10.6. The van der Waals surface area contributed by atoms with Gasteiger partial charge in [0.2, 0.25) is 0 Å². The van der Waals surface area contributed by atoms with Gasteiger partial charge in [-0.3, -0.25) is 4.98 Å². The van der Waals surface area contributed by atoms with E-state index in [-0.39, 0.29) is 11.1 Å². The van der Waals surface area contributed by atoms with Gasteiger partial charge >= 0.3 is 0 Å². The van der Waals surface area contributed by atoms with E-state index in [2.05, 4.69) is 17.2 Å². The van der Waals surface area contributed by atoms with Crippen LogP contribution in [0.3, 0.4) is 0 Å². The van der Waals surface area contributed by atoms with Crippen LogP contribution in [0.5, 0.6) is 5.75 Å². The highest BCUT2D eigenvalue weighted by Crippen LogP contribution is 2.27. The Kier molecular flexibility index (Phi) is 4.60. The zero-order chi connectivity index (χ0) is 15.5. The minimum atomic E-state index is -0.424. The van der Waals surface area contributed by atoms with E-state index in [4.69, 9.17) is 16.3 Å². The number of halogens is 2. The fraction of sp³-hybridized carbons (Fsp3) is 0.353. The van der Waals surface area contributed by atoms with Gasteiger partial charge in [0.25, 0.3) is 0 Å². The first kappa shape index (κ1) is 15.3. The maximum Gasteiger partial charge on any atom is 0.141 e. The molecule has 2 atom stereocenters. The molecule has 1 aliphatic heterocycles. The Morgan fingerprint density at radius 2 is 2.18 bits per heavy atom. The maximum absolute atomic E-state index is 13.3. The second-order valence-corrected chi connectivity index (χ2v) is 5.97. The molecule has 2 aromatic rings. The van der Waals surface area contributed by atoms with Crippen LogP contribution in [0, 0.1) is 5.82 Å². The summed E-state index contributed by atoms with van der Waals surface area (Å²) in [4.78, 5) is 4.21. The Morgan fingerprint density at radius 1 is 1.32 bits per heavy atom. The molecule has 1 saturated heterocycles. The number of pyridine rings is 1. The Labute approximate surface area is 134 Å². The first-order valence-corrected chi connectivity index (χ1v) is 7.82. The lowest BCUT2D eigenvalue weighted by Crippen LogP contribution is -2.36. The molecule has 0 bridgehead atoms. The normalized spacial score (nSPS) is 19.1. The van der Waals surface area contributed by atoms with Crippen molar-refractivity contribution in [1.29, 1.82) is 0 Å². The number of aromatic nitrogens is 1. The molecule has 0 aliphatic carbocycles. The van der Waals surface area contributed by atoms with Crippen molar-refractivity contribution in [3.63, 3.8) is 0 Å². The van der Waals surface area contributed by atoms with Gasteiger partial charge in [0.1, 0.15) is 17.7 Å². The second kappa shape index (κ2) is 6.63. The molecule has 1 N–H and O–H groups in total. The standard InChI is InChI=1S/C17H18ClFN2O/c1-11(17-3-2-6-21-17)22-14-7-13(9-20-10-14)12-4-5-16(19)15(18)8-12/h4-5,7-11,17,21H,2-3,6H2,1H3/t11?,17-/m0/s1. The number of nitrogens with zero attached hydrogens (tertiary/aromatic N) is 1. The molecule has 3 rings (SSSR count). The lowest BCUT2D eigenvalue weighted by atomic mass is 10.1. The van der Waals surface area contributed by atoms with Crippen molar-refractivity contribution in [2.45, 2.75) is 31.9 Å². The lowest BCUT2D eigenvalue weighted by molar-refractivity contribution is 0.179. The van der Waals surface area contributed by atoms with Crippen LogP contribution in [0.4, 0.5) is 4.39 Å². The zero-order valence-electron chi connectivity index (χ0n) is 12.4. The smallest absolute Gasteiger partial charge is 0.141 e. The highest BCUT2D eigenvalue weighted by atomic mass is 35.5. The van der Waals surface area contributed by atoms with E-state index < -0.39 is 5.82 Å². The van der Waals surface area contributed by atoms with E-state index in [1.807, 2.05) is 6.07 Å². The Morgan fingerprint density at radius 3 is 2.91 bits per heavy atom. The van der Waals surface area contributed by atoms with Crippen LogP contribution in [-0.4, -0.2) is 23.7 Å². The molecule has 2 heterocycles. The number of hydrogen-bond acceptors (Lipinski definition) is 3. The summed E-state index contributed by atoms with van der Waals surface area (Å²) in [5, 5.41) is 3.54. The SMILES string of the molecule is CC(Oc1cncc(-c2ccc(F)c(Cl)c2)c1)[C@@H]1CCCN1. The zero-order valence-corrected chi connectivity index (χ0v) is 13.1. The van der Waals surface area contributed by atoms with Gasteiger partial charge in [0.05, 0.1) is 11.2 Å². The molecule has 1 aliphatic rings. The van der Waals surface area contributed by atoms with Gasteiger partial charge in [-0.1, -0.05) is 17.7 Å². The van der Waals surface area contributed by atoms with E-state index in [1.165, 1.54) is 12.5 Å². The number of benzene rings is 1. The maximum atomic E-state index is 13.3. The van der Waals surface area contributed by atoms with Crippen LogP contribution in [0.15, 0.2) is 36.7 Å². The minimum absolute atomic E-state index is 0.0800. The fourth-order valence-electron chi connectivity index (χ4n) is 2.73.